The summed E-state index contributed by atoms with van der Waals surface area (Å²) >= 11 is 0. The van der Waals surface area contributed by atoms with Gasteiger partial charge in [0.1, 0.15) is 0 Å². The Labute approximate surface area is 219 Å². The highest BCUT2D eigenvalue weighted by Crippen LogP contribution is 2.22. The lowest BCUT2D eigenvalue weighted by Crippen LogP contribution is -1.99. The maximum Gasteiger partial charge on any atom is -0.0443 e. The van der Waals surface area contributed by atoms with Gasteiger partial charge in [0, 0.05) is 0 Å². The Hall–Kier alpha value is 0. The molecule has 0 spiro atoms. The summed E-state index contributed by atoms with van der Waals surface area (Å²) < 4.78 is 0. The molecule has 0 amide bonds. The minimum Gasteiger partial charge on any atom is -0.0654 e. The molecule has 3 atom stereocenters. The van der Waals surface area contributed by atoms with E-state index in [2.05, 4.69) is 34.6 Å². The van der Waals surface area contributed by atoms with E-state index in [-0.39, 0.29) is 0 Å². The molecule has 0 aliphatic rings. The van der Waals surface area contributed by atoms with Gasteiger partial charge in [-0.2, -0.15) is 0 Å². The summed E-state index contributed by atoms with van der Waals surface area (Å²) in [5.41, 5.74) is 0. The van der Waals surface area contributed by atoms with E-state index in [1.54, 1.807) is 0 Å². The third kappa shape index (κ3) is 26.6. The second kappa shape index (κ2) is 27.6. The number of hydrogen-bond donors (Lipinski definition) is 0. The first-order valence-corrected chi connectivity index (χ1v) is 16.6. The van der Waals surface area contributed by atoms with Gasteiger partial charge in [-0.25, -0.2) is 0 Å². The Kier molecular flexibility index (Phi) is 27.6. The Bertz CT molecular complexity index is 359. The molecule has 0 heterocycles. The van der Waals surface area contributed by atoms with E-state index in [9.17, 15) is 0 Å². The van der Waals surface area contributed by atoms with Crippen LogP contribution in [-0.4, -0.2) is 0 Å². The summed E-state index contributed by atoms with van der Waals surface area (Å²) in [4.78, 5) is 0. The summed E-state index contributed by atoms with van der Waals surface area (Å²) in [6, 6.07) is 0. The van der Waals surface area contributed by atoms with E-state index in [1.165, 1.54) is 167 Å². The van der Waals surface area contributed by atoms with Crippen LogP contribution in [-0.2, 0) is 0 Å². The normalized spacial score (nSPS) is 14.4. The van der Waals surface area contributed by atoms with E-state index in [0.29, 0.717) is 0 Å². The van der Waals surface area contributed by atoms with Crippen molar-refractivity contribution in [3.63, 3.8) is 0 Å². The first kappa shape index (κ1) is 34.0. The topological polar surface area (TPSA) is 0 Å². The molecular weight excluding hydrogens is 408 g/mol. The molecule has 0 aromatic rings. The van der Waals surface area contributed by atoms with Crippen LogP contribution in [0.5, 0.6) is 0 Å². The first-order chi connectivity index (χ1) is 16.6. The Morgan fingerprint density at radius 1 is 0.265 bits per heavy atom. The molecule has 0 aliphatic carbocycles. The molecule has 0 nitrogen and oxygen atoms in total. The number of unbranched alkanes of at least 4 members (excludes halogenated alkanes) is 16. The predicted molar refractivity (Wildman–Crippen MR) is 159 cm³/mol. The van der Waals surface area contributed by atoms with Crippen LogP contribution in [0.25, 0.3) is 0 Å². The Morgan fingerprint density at radius 3 is 0.735 bits per heavy atom. The van der Waals surface area contributed by atoms with Gasteiger partial charge in [0.2, 0.25) is 0 Å². The molecule has 0 aromatic carbocycles. The van der Waals surface area contributed by atoms with Crippen LogP contribution in [0.1, 0.15) is 202 Å². The smallest absolute Gasteiger partial charge is 0.0443 e. The Morgan fingerprint density at radius 2 is 0.471 bits per heavy atom. The van der Waals surface area contributed by atoms with Crippen molar-refractivity contribution in [3.05, 3.63) is 0 Å². The molecule has 0 saturated carbocycles. The van der Waals surface area contributed by atoms with Crippen molar-refractivity contribution in [1.29, 1.82) is 0 Å². The lowest BCUT2D eigenvalue weighted by atomic mass is 9.92. The van der Waals surface area contributed by atoms with E-state index in [0.717, 1.165) is 17.8 Å². The molecular formula is C34H70. The van der Waals surface area contributed by atoms with Gasteiger partial charge in [0.05, 0.1) is 0 Å². The van der Waals surface area contributed by atoms with Crippen LogP contribution in [0.4, 0.5) is 0 Å². The van der Waals surface area contributed by atoms with Gasteiger partial charge in [-0.05, 0) is 17.8 Å². The highest BCUT2D eigenvalue weighted by Gasteiger charge is 2.06. The van der Waals surface area contributed by atoms with E-state index in [4.69, 9.17) is 0 Å². The van der Waals surface area contributed by atoms with Gasteiger partial charge >= 0.3 is 0 Å². The van der Waals surface area contributed by atoms with Crippen molar-refractivity contribution < 1.29 is 0 Å². The monoisotopic (exact) mass is 479 g/mol. The maximum absolute atomic E-state index is 2.50. The number of hydrogen-bond acceptors (Lipinski definition) is 0. The summed E-state index contributed by atoms with van der Waals surface area (Å²) in [7, 11) is 0. The van der Waals surface area contributed by atoms with Crippen molar-refractivity contribution in [2.75, 3.05) is 0 Å². The van der Waals surface area contributed by atoms with Crippen LogP contribution < -0.4 is 0 Å². The molecule has 0 fully saturated rings. The third-order valence-corrected chi connectivity index (χ3v) is 8.39. The van der Waals surface area contributed by atoms with Crippen LogP contribution >= 0.6 is 0 Å². The van der Waals surface area contributed by atoms with E-state index in [1.807, 2.05) is 0 Å². The molecule has 0 saturated heterocycles. The predicted octanol–water partition coefficient (Wildman–Crippen LogP) is 13.1. The summed E-state index contributed by atoms with van der Waals surface area (Å²) in [6.45, 7) is 12.1. The molecule has 206 valence electrons. The average molecular weight is 479 g/mol. The zero-order valence-electron chi connectivity index (χ0n) is 25.1. The summed E-state index contributed by atoms with van der Waals surface area (Å²) in [6.07, 6.45) is 38.0. The molecule has 3 unspecified atom stereocenters. The second-order valence-corrected chi connectivity index (χ2v) is 12.4. The third-order valence-electron chi connectivity index (χ3n) is 8.39. The Balaban J connectivity index is 3.27. The molecule has 0 bridgehead atoms. The van der Waals surface area contributed by atoms with Gasteiger partial charge in [0.15, 0.2) is 0 Å². The van der Waals surface area contributed by atoms with Gasteiger partial charge in [-0.15, -0.1) is 0 Å². The molecule has 0 heteroatoms. The molecule has 0 aliphatic heterocycles. The van der Waals surface area contributed by atoms with Gasteiger partial charge in [-0.1, -0.05) is 202 Å². The maximum atomic E-state index is 2.50. The minimum absolute atomic E-state index is 0.955. The van der Waals surface area contributed by atoms with Gasteiger partial charge < -0.3 is 0 Å². The minimum atomic E-state index is 0.955. The molecule has 0 rings (SSSR count). The highest BCUT2D eigenvalue weighted by atomic mass is 14.1. The quantitative estimate of drug-likeness (QED) is 0.0980. The second-order valence-electron chi connectivity index (χ2n) is 12.4. The fourth-order valence-electron chi connectivity index (χ4n) is 5.66. The average Bonchev–Trinajstić information content (AvgIpc) is 2.82. The summed E-state index contributed by atoms with van der Waals surface area (Å²) in [5.74, 6) is 2.88. The van der Waals surface area contributed by atoms with E-state index >= 15 is 0 Å². The van der Waals surface area contributed by atoms with Crippen LogP contribution in [0.2, 0.25) is 0 Å². The van der Waals surface area contributed by atoms with Crippen LogP contribution in [0, 0.1) is 17.8 Å². The zero-order chi connectivity index (χ0) is 25.1. The van der Waals surface area contributed by atoms with Crippen LogP contribution in [0.15, 0.2) is 0 Å². The largest absolute Gasteiger partial charge is 0.0654 e. The first-order valence-electron chi connectivity index (χ1n) is 16.6. The SMILES string of the molecule is CCCCCCC(C)CCCCCCCCCCCCCC(C)CCCC(C)CCCCCC. The lowest BCUT2D eigenvalue weighted by Gasteiger charge is -2.14. The van der Waals surface area contributed by atoms with Crippen molar-refractivity contribution in [2.45, 2.75) is 202 Å². The van der Waals surface area contributed by atoms with Crippen molar-refractivity contribution in [3.8, 4) is 0 Å². The fourth-order valence-corrected chi connectivity index (χ4v) is 5.66. The fraction of sp³-hybridized carbons (Fsp3) is 1.00. The van der Waals surface area contributed by atoms with E-state index < -0.39 is 0 Å². The van der Waals surface area contributed by atoms with Crippen LogP contribution in [0.3, 0.4) is 0 Å². The van der Waals surface area contributed by atoms with Gasteiger partial charge in [0.25, 0.3) is 0 Å². The standard InChI is InChI=1S/C34H70/c1-6-8-10-21-26-32(3)28-23-19-17-15-13-12-14-16-18-20-24-29-34(5)31-25-30-33(4)27-22-11-9-7-2/h32-34H,6-31H2,1-5H3. The molecule has 34 heavy (non-hydrogen) atoms. The highest BCUT2D eigenvalue weighted by molar-refractivity contribution is 4.60. The molecule has 0 radical (unpaired) electrons. The number of rotatable bonds is 28. The molecule has 0 N–H and O–H groups in total. The van der Waals surface area contributed by atoms with Crippen molar-refractivity contribution >= 4 is 0 Å². The van der Waals surface area contributed by atoms with Crippen molar-refractivity contribution in [2.24, 2.45) is 17.8 Å². The molecule has 0 aromatic heterocycles. The van der Waals surface area contributed by atoms with Crippen molar-refractivity contribution in [1.82, 2.24) is 0 Å². The zero-order valence-corrected chi connectivity index (χ0v) is 25.1. The van der Waals surface area contributed by atoms with Gasteiger partial charge in [-0.3, -0.25) is 0 Å². The summed E-state index contributed by atoms with van der Waals surface area (Å²) in [5, 5.41) is 0. The lowest BCUT2D eigenvalue weighted by molar-refractivity contribution is 0.391.